The first-order valence-electron chi connectivity index (χ1n) is 28.3. The molecule has 2 aromatic heterocycles. The number of nitrogens with one attached hydrogen (secondary N) is 2. The summed E-state index contributed by atoms with van der Waals surface area (Å²) in [6, 6.07) is 30.1. The number of phenolic OH excluding ortho intramolecular Hbond substituents is 2. The van der Waals surface area contributed by atoms with E-state index in [2.05, 4.69) is 70.4 Å². The molecule has 0 bridgehead atoms. The first-order valence-corrected chi connectivity index (χ1v) is 28.3. The van der Waals surface area contributed by atoms with Gasteiger partial charge in [-0.15, -0.1) is 0 Å². The Morgan fingerprint density at radius 3 is 1.23 bits per heavy atom. The summed E-state index contributed by atoms with van der Waals surface area (Å²) < 4.78 is 12.0. The van der Waals surface area contributed by atoms with Crippen LogP contribution >= 0.6 is 0 Å². The molecule has 8 aromatic rings. The third-order valence-electron chi connectivity index (χ3n) is 14.6. The lowest BCUT2D eigenvalue weighted by Gasteiger charge is -2.19. The summed E-state index contributed by atoms with van der Waals surface area (Å²) in [5.41, 5.74) is 14.5. The minimum absolute atomic E-state index is 0. The molecule has 2 amide bonds. The first kappa shape index (κ1) is 66.3. The van der Waals surface area contributed by atoms with E-state index in [0.29, 0.717) is 40.0 Å². The summed E-state index contributed by atoms with van der Waals surface area (Å²) in [6.07, 6.45) is 2.19. The van der Waals surface area contributed by atoms with Crippen molar-refractivity contribution < 1.29 is 29.3 Å². The molecule has 4 N–H and O–H groups in total. The van der Waals surface area contributed by atoms with Crippen LogP contribution < -0.4 is 20.1 Å². The summed E-state index contributed by atoms with van der Waals surface area (Å²) >= 11 is 0. The number of hydrogen-bond donors (Lipinski definition) is 4. The third kappa shape index (κ3) is 16.6. The van der Waals surface area contributed by atoms with Crippen LogP contribution in [0.5, 0.6) is 23.0 Å². The number of rotatable bonds is 18. The van der Waals surface area contributed by atoms with Crippen molar-refractivity contribution in [2.24, 2.45) is 11.8 Å². The highest BCUT2D eigenvalue weighted by Gasteiger charge is 2.24. The van der Waals surface area contributed by atoms with Gasteiger partial charge in [-0.05, 0) is 152 Å². The maximum atomic E-state index is 13.2. The van der Waals surface area contributed by atoms with Gasteiger partial charge in [-0.3, -0.25) is 9.59 Å². The molecule has 6 aromatic carbocycles. The Hall–Kier alpha value is -8.52. The van der Waals surface area contributed by atoms with E-state index in [9.17, 15) is 19.8 Å². The van der Waals surface area contributed by atoms with Crippen molar-refractivity contribution in [3.8, 4) is 91.3 Å². The quantitative estimate of drug-likeness (QED) is 0.0595. The average molecular weight is 1140 g/mol. The number of aromatic hydroxyl groups is 2. The fourth-order valence-corrected chi connectivity index (χ4v) is 9.57. The molecule has 2 atom stereocenters. The second-order valence-corrected chi connectivity index (χ2v) is 22.6. The van der Waals surface area contributed by atoms with Crippen LogP contribution in [0.15, 0.2) is 97.1 Å². The zero-order valence-corrected chi connectivity index (χ0v) is 50.6. The third-order valence-corrected chi connectivity index (χ3v) is 14.6. The Bertz CT molecular complexity index is 3550. The van der Waals surface area contributed by atoms with Crippen LogP contribution in [0.4, 0.5) is 0 Å². The monoisotopic (exact) mass is 1140 g/mol. The molecular weight excluding hydrogens is 1050 g/mol. The van der Waals surface area contributed by atoms with Gasteiger partial charge in [0.1, 0.15) is 23.0 Å². The number of benzene rings is 6. The summed E-state index contributed by atoms with van der Waals surface area (Å²) in [5.74, 6) is 3.41. The molecule has 8 rings (SSSR count). The Morgan fingerprint density at radius 2 is 0.798 bits per heavy atom. The highest BCUT2D eigenvalue weighted by Crippen LogP contribution is 2.38. The standard InChI is InChI=1S/C59H60N8O6.C9H20.2CH4/c1-30-13-18-43(34(5)23-30)52-62-53(44-19-14-31(2)24-35(44)6)66-57(65-52)48-26-37(8)51(28-50(48)69)73-41(12)59(71)61-29-60-58(70)40(11)72-42-17-22-47(49(68)27-42)56-64-54(45-20-15-32(3)25-36(45)7)63-55(67-56)46-21-16-33(4)38(9)39(46)10;1-8(2)6-5-7-9(3)4;;/h13-28,40-41,68-69H,29H2,1-12H3,(H,60,70)(H,61,71);8-9H,5-7H2,1-4H3;2*1H4. The van der Waals surface area contributed by atoms with Gasteiger partial charge < -0.3 is 30.3 Å². The van der Waals surface area contributed by atoms with E-state index >= 15 is 0 Å². The summed E-state index contributed by atoms with van der Waals surface area (Å²) in [7, 11) is 0. The fraction of sp³-hybridized carbons (Fsp3) is 0.371. The van der Waals surface area contributed by atoms with Crippen LogP contribution in [-0.4, -0.2) is 70.8 Å². The van der Waals surface area contributed by atoms with Gasteiger partial charge in [-0.25, -0.2) is 29.9 Å². The molecule has 14 heteroatoms. The molecule has 0 aliphatic heterocycles. The van der Waals surface area contributed by atoms with Crippen molar-refractivity contribution in [2.75, 3.05) is 6.67 Å². The zero-order valence-electron chi connectivity index (χ0n) is 50.6. The van der Waals surface area contributed by atoms with Crippen LogP contribution in [0.1, 0.15) is 131 Å². The maximum Gasteiger partial charge on any atom is 0.262 e. The molecule has 0 fully saturated rings. The van der Waals surface area contributed by atoms with Gasteiger partial charge >= 0.3 is 0 Å². The van der Waals surface area contributed by atoms with Crippen molar-refractivity contribution in [3.63, 3.8) is 0 Å². The van der Waals surface area contributed by atoms with E-state index in [4.69, 9.17) is 39.4 Å². The number of carbonyl (C=O) groups excluding carboxylic acids is 2. The lowest BCUT2D eigenvalue weighted by atomic mass is 9.98. The van der Waals surface area contributed by atoms with Crippen LogP contribution in [-0.2, 0) is 9.59 Å². The van der Waals surface area contributed by atoms with Gasteiger partial charge in [0.15, 0.2) is 47.2 Å². The van der Waals surface area contributed by atoms with E-state index in [-0.39, 0.29) is 56.2 Å². The van der Waals surface area contributed by atoms with Crippen LogP contribution in [0, 0.1) is 81.1 Å². The number of phenols is 2. The first-order chi connectivity index (χ1) is 38.9. The van der Waals surface area contributed by atoms with Crippen molar-refractivity contribution in [1.82, 2.24) is 40.5 Å². The molecule has 0 saturated carbocycles. The minimum Gasteiger partial charge on any atom is -0.507 e. The summed E-state index contributed by atoms with van der Waals surface area (Å²) in [5, 5.41) is 28.1. The SMILES string of the molecule is C.C.CC(C)CCCC(C)C.Cc1ccc(-c2nc(-c3ccc(C)cc3C)nc(-c3cc(C)c(OC(C)C(=O)NCNC(=O)C(C)Oc4ccc(-c5nc(-c6ccc(C)cc6C)nc(-c6ccc(C)c(C)c6C)n5)c(O)c4)cc3O)n2)c(C)c1. The number of ether oxygens (including phenoxy) is 2. The number of carbonyl (C=O) groups is 2. The van der Waals surface area contributed by atoms with Crippen LogP contribution in [0.25, 0.3) is 68.3 Å². The molecule has 2 heterocycles. The molecule has 2 unspecified atom stereocenters. The second-order valence-electron chi connectivity index (χ2n) is 22.6. The summed E-state index contributed by atoms with van der Waals surface area (Å²) in [4.78, 5) is 55.6. The van der Waals surface area contributed by atoms with E-state index < -0.39 is 24.0 Å². The van der Waals surface area contributed by atoms with Crippen LogP contribution in [0.2, 0.25) is 0 Å². The second kappa shape index (κ2) is 29.1. The molecule has 0 radical (unpaired) electrons. The smallest absolute Gasteiger partial charge is 0.262 e. The molecule has 444 valence electrons. The predicted octanol–water partition coefficient (Wildman–Crippen LogP) is 15.7. The maximum absolute atomic E-state index is 13.2. The van der Waals surface area contributed by atoms with Crippen molar-refractivity contribution in [2.45, 2.75) is 157 Å². The molecule has 0 aliphatic carbocycles. The zero-order chi connectivity index (χ0) is 59.7. The van der Waals surface area contributed by atoms with E-state index in [1.807, 2.05) is 97.0 Å². The van der Waals surface area contributed by atoms with Crippen molar-refractivity contribution >= 4 is 11.8 Å². The van der Waals surface area contributed by atoms with E-state index in [0.717, 1.165) is 84.2 Å². The predicted molar refractivity (Wildman–Crippen MR) is 341 cm³/mol. The molecule has 14 nitrogen and oxygen atoms in total. The summed E-state index contributed by atoms with van der Waals surface area (Å²) in [6.45, 7) is 32.2. The molecule has 0 saturated heterocycles. The number of amides is 2. The molecule has 0 spiro atoms. The van der Waals surface area contributed by atoms with Gasteiger partial charge in [0.2, 0.25) is 0 Å². The van der Waals surface area contributed by atoms with Gasteiger partial charge in [0.25, 0.3) is 11.8 Å². The van der Waals surface area contributed by atoms with E-state index in [1.54, 1.807) is 39.0 Å². The van der Waals surface area contributed by atoms with Gasteiger partial charge in [0.05, 0.1) is 17.8 Å². The van der Waals surface area contributed by atoms with Crippen molar-refractivity contribution in [3.05, 3.63) is 153 Å². The average Bonchev–Trinajstić information content (AvgIpc) is 1.57. The minimum atomic E-state index is -1.01. The lowest BCUT2D eigenvalue weighted by molar-refractivity contribution is -0.129. The largest absolute Gasteiger partial charge is 0.507 e. The van der Waals surface area contributed by atoms with Gasteiger partial charge in [0, 0.05) is 34.4 Å². The van der Waals surface area contributed by atoms with Crippen molar-refractivity contribution in [1.29, 1.82) is 0 Å². The van der Waals surface area contributed by atoms with E-state index in [1.165, 1.54) is 31.4 Å². The topological polar surface area (TPSA) is 194 Å². The molecule has 84 heavy (non-hydrogen) atoms. The Balaban J connectivity index is 0.00000108. The Labute approximate surface area is 499 Å². The highest BCUT2D eigenvalue weighted by atomic mass is 16.5. The van der Waals surface area contributed by atoms with Crippen LogP contribution in [0.3, 0.4) is 0 Å². The number of aryl methyl sites for hydroxylation is 8. The number of aromatic nitrogens is 6. The molecule has 0 aliphatic rings. The number of nitrogens with zero attached hydrogens (tertiary/aromatic N) is 6. The Kier molecular flexibility index (Phi) is 23.0. The molecular formula is C70H88N8O6. The number of hydrogen-bond acceptors (Lipinski definition) is 12. The normalized spacial score (nSPS) is 11.6. The van der Waals surface area contributed by atoms with Gasteiger partial charge in [-0.1, -0.05) is 145 Å². The fourth-order valence-electron chi connectivity index (χ4n) is 9.57. The van der Waals surface area contributed by atoms with Gasteiger partial charge in [-0.2, -0.15) is 0 Å². The highest BCUT2D eigenvalue weighted by molar-refractivity contribution is 5.84. The lowest BCUT2D eigenvalue weighted by Crippen LogP contribution is -2.46. The Morgan fingerprint density at radius 1 is 0.417 bits per heavy atom.